The van der Waals surface area contributed by atoms with Crippen LogP contribution in [0, 0.1) is 0 Å². The molecule has 1 atom stereocenters. The monoisotopic (exact) mass is 362 g/mol. The standard InChI is InChI=1S/C18H22N4O2.ClH/c1-12(19-2)11-16-21-17(24-22-16)10-5-13-3-6-14(7-4-13)18(23)20-15-8-9-15;/h3-7,10,12,15,19H,8-9,11H2,1-2H3,(H,20,23);1H/b10-5+;. The first-order chi connectivity index (χ1) is 11.6. The van der Waals surface area contributed by atoms with Crippen LogP contribution >= 0.6 is 12.4 Å². The van der Waals surface area contributed by atoms with Crippen LogP contribution in [0.4, 0.5) is 0 Å². The molecule has 0 spiro atoms. The maximum Gasteiger partial charge on any atom is 0.251 e. The van der Waals surface area contributed by atoms with Crippen molar-refractivity contribution in [3.05, 3.63) is 47.1 Å². The van der Waals surface area contributed by atoms with Crippen LogP contribution in [0.25, 0.3) is 12.2 Å². The van der Waals surface area contributed by atoms with Crippen molar-refractivity contribution in [1.82, 2.24) is 20.8 Å². The zero-order valence-electron chi connectivity index (χ0n) is 14.4. The van der Waals surface area contributed by atoms with Crippen molar-refractivity contribution in [1.29, 1.82) is 0 Å². The van der Waals surface area contributed by atoms with Gasteiger partial charge in [0.25, 0.3) is 11.8 Å². The van der Waals surface area contributed by atoms with Gasteiger partial charge >= 0.3 is 0 Å². The Bertz CT molecular complexity index is 723. The van der Waals surface area contributed by atoms with Gasteiger partial charge in [-0.25, -0.2) is 0 Å². The second-order valence-corrected chi connectivity index (χ2v) is 6.15. The molecule has 0 bridgehead atoms. The van der Waals surface area contributed by atoms with E-state index in [2.05, 4.69) is 27.7 Å². The van der Waals surface area contributed by atoms with Crippen LogP contribution in [-0.2, 0) is 6.42 Å². The number of hydrogen-bond donors (Lipinski definition) is 2. The summed E-state index contributed by atoms with van der Waals surface area (Å²) in [6.45, 7) is 2.06. The fourth-order valence-corrected chi connectivity index (χ4v) is 2.20. The lowest BCUT2D eigenvalue weighted by molar-refractivity contribution is 0.0951. The first-order valence-corrected chi connectivity index (χ1v) is 8.23. The predicted octanol–water partition coefficient (Wildman–Crippen LogP) is 2.70. The average Bonchev–Trinajstić information content (AvgIpc) is 3.30. The number of carbonyl (C=O) groups excluding carboxylic acids is 1. The lowest BCUT2D eigenvalue weighted by Crippen LogP contribution is -2.25. The summed E-state index contributed by atoms with van der Waals surface area (Å²) in [6.07, 6.45) is 6.57. The SMILES string of the molecule is CNC(C)Cc1noc(/C=C/c2ccc(C(=O)NC3CC3)cc2)n1.Cl. The van der Waals surface area contributed by atoms with Crippen molar-refractivity contribution in [2.45, 2.75) is 38.3 Å². The number of nitrogens with one attached hydrogen (secondary N) is 2. The van der Waals surface area contributed by atoms with E-state index in [0.717, 1.165) is 24.8 Å². The van der Waals surface area contributed by atoms with E-state index < -0.39 is 0 Å². The average molecular weight is 363 g/mol. The zero-order valence-corrected chi connectivity index (χ0v) is 15.2. The van der Waals surface area contributed by atoms with E-state index in [1.54, 1.807) is 6.08 Å². The number of carbonyl (C=O) groups is 1. The van der Waals surface area contributed by atoms with Crippen molar-refractivity contribution in [2.75, 3.05) is 7.05 Å². The summed E-state index contributed by atoms with van der Waals surface area (Å²) < 4.78 is 5.20. The molecule has 2 N–H and O–H groups in total. The molecule has 0 radical (unpaired) electrons. The third-order valence-corrected chi connectivity index (χ3v) is 3.97. The van der Waals surface area contributed by atoms with Gasteiger partial charge < -0.3 is 15.2 Å². The fourth-order valence-electron chi connectivity index (χ4n) is 2.20. The molecule has 1 aromatic heterocycles. The molecule has 2 aromatic rings. The third-order valence-electron chi connectivity index (χ3n) is 3.97. The molecule has 134 valence electrons. The Balaban J connectivity index is 0.00000225. The summed E-state index contributed by atoms with van der Waals surface area (Å²) in [5.41, 5.74) is 1.65. The van der Waals surface area contributed by atoms with E-state index in [4.69, 9.17) is 4.52 Å². The highest BCUT2D eigenvalue weighted by molar-refractivity contribution is 5.94. The van der Waals surface area contributed by atoms with Gasteiger partial charge in [-0.1, -0.05) is 17.3 Å². The summed E-state index contributed by atoms with van der Waals surface area (Å²) in [4.78, 5) is 16.3. The summed E-state index contributed by atoms with van der Waals surface area (Å²) in [6, 6.07) is 8.12. The minimum atomic E-state index is -0.00627. The number of benzene rings is 1. The van der Waals surface area contributed by atoms with Gasteiger partial charge in [0.05, 0.1) is 0 Å². The Morgan fingerprint density at radius 3 is 2.68 bits per heavy atom. The van der Waals surface area contributed by atoms with Crippen LogP contribution in [0.1, 0.15) is 47.4 Å². The largest absolute Gasteiger partial charge is 0.349 e. The Morgan fingerprint density at radius 1 is 1.32 bits per heavy atom. The van der Waals surface area contributed by atoms with E-state index in [0.29, 0.717) is 29.4 Å². The zero-order chi connectivity index (χ0) is 16.9. The Morgan fingerprint density at radius 2 is 2.04 bits per heavy atom. The third kappa shape index (κ3) is 5.69. The van der Waals surface area contributed by atoms with Gasteiger partial charge in [-0.2, -0.15) is 4.98 Å². The maximum absolute atomic E-state index is 11.9. The molecule has 6 nitrogen and oxygen atoms in total. The van der Waals surface area contributed by atoms with E-state index in [1.165, 1.54) is 0 Å². The normalized spacial score (nSPS) is 15.0. The Kier molecular flexibility index (Phi) is 6.73. The van der Waals surface area contributed by atoms with Gasteiger partial charge in [0.2, 0.25) is 0 Å². The molecule has 1 heterocycles. The molecule has 7 heteroatoms. The van der Waals surface area contributed by atoms with Gasteiger partial charge in [0.1, 0.15) is 0 Å². The number of halogens is 1. The van der Waals surface area contributed by atoms with Crippen LogP contribution in [-0.4, -0.2) is 35.2 Å². The van der Waals surface area contributed by atoms with Crippen molar-refractivity contribution in [3.8, 4) is 0 Å². The lowest BCUT2D eigenvalue weighted by atomic mass is 10.1. The molecular weight excluding hydrogens is 340 g/mol. The number of likely N-dealkylation sites (N-methyl/N-ethyl adjacent to an activating group) is 1. The number of rotatable bonds is 7. The van der Waals surface area contributed by atoms with Crippen LogP contribution in [0.3, 0.4) is 0 Å². The molecule has 1 unspecified atom stereocenters. The maximum atomic E-state index is 11.9. The molecule has 1 fully saturated rings. The van der Waals surface area contributed by atoms with Crippen molar-refractivity contribution >= 4 is 30.5 Å². The van der Waals surface area contributed by atoms with Crippen molar-refractivity contribution < 1.29 is 9.32 Å². The Hall–Kier alpha value is -2.18. The summed E-state index contributed by atoms with van der Waals surface area (Å²) in [5.74, 6) is 1.15. The lowest BCUT2D eigenvalue weighted by Gasteiger charge is -2.04. The highest BCUT2D eigenvalue weighted by atomic mass is 35.5. The number of amides is 1. The molecule has 0 saturated heterocycles. The van der Waals surface area contributed by atoms with E-state index >= 15 is 0 Å². The van der Waals surface area contributed by atoms with Crippen LogP contribution < -0.4 is 10.6 Å². The van der Waals surface area contributed by atoms with E-state index in [-0.39, 0.29) is 18.3 Å². The first-order valence-electron chi connectivity index (χ1n) is 8.23. The molecule has 1 aliphatic carbocycles. The minimum Gasteiger partial charge on any atom is -0.349 e. The number of aromatic nitrogens is 2. The molecule has 1 saturated carbocycles. The molecule has 1 aromatic carbocycles. The molecule has 3 rings (SSSR count). The van der Waals surface area contributed by atoms with E-state index in [1.807, 2.05) is 37.4 Å². The van der Waals surface area contributed by atoms with Crippen molar-refractivity contribution in [3.63, 3.8) is 0 Å². The summed E-state index contributed by atoms with van der Waals surface area (Å²) in [7, 11) is 1.90. The second kappa shape index (κ2) is 8.78. The quantitative estimate of drug-likeness (QED) is 0.791. The van der Waals surface area contributed by atoms with Gasteiger partial charge in [-0.3, -0.25) is 4.79 Å². The number of nitrogens with zero attached hydrogens (tertiary/aromatic N) is 2. The predicted molar refractivity (Wildman–Crippen MR) is 99.6 cm³/mol. The first kappa shape index (κ1) is 19.1. The number of hydrogen-bond acceptors (Lipinski definition) is 5. The summed E-state index contributed by atoms with van der Waals surface area (Å²) in [5, 5.41) is 10.1. The molecule has 0 aliphatic heterocycles. The Labute approximate surface area is 153 Å². The summed E-state index contributed by atoms with van der Waals surface area (Å²) >= 11 is 0. The smallest absolute Gasteiger partial charge is 0.251 e. The molecular formula is C18H23ClN4O2. The second-order valence-electron chi connectivity index (χ2n) is 6.15. The topological polar surface area (TPSA) is 80.0 Å². The van der Waals surface area contributed by atoms with Gasteiger partial charge in [0.15, 0.2) is 5.82 Å². The van der Waals surface area contributed by atoms with Gasteiger partial charge in [0, 0.05) is 30.1 Å². The van der Waals surface area contributed by atoms with E-state index in [9.17, 15) is 4.79 Å². The van der Waals surface area contributed by atoms with Gasteiger partial charge in [-0.05, 0) is 50.6 Å². The highest BCUT2D eigenvalue weighted by Gasteiger charge is 2.23. The highest BCUT2D eigenvalue weighted by Crippen LogP contribution is 2.19. The van der Waals surface area contributed by atoms with Crippen LogP contribution in [0.2, 0.25) is 0 Å². The molecule has 1 amide bonds. The molecule has 25 heavy (non-hydrogen) atoms. The molecule has 1 aliphatic rings. The van der Waals surface area contributed by atoms with Gasteiger partial charge in [-0.15, -0.1) is 12.4 Å². The van der Waals surface area contributed by atoms with Crippen LogP contribution in [0.5, 0.6) is 0 Å². The van der Waals surface area contributed by atoms with Crippen molar-refractivity contribution in [2.24, 2.45) is 0 Å². The van der Waals surface area contributed by atoms with Crippen LogP contribution in [0.15, 0.2) is 28.8 Å². The minimum absolute atomic E-state index is 0. The fraction of sp³-hybridized carbons (Fsp3) is 0.389.